The zero-order valence-electron chi connectivity index (χ0n) is 12.1. The van der Waals surface area contributed by atoms with Gasteiger partial charge in [-0.25, -0.2) is 4.98 Å². The Bertz CT molecular complexity index is 741. The number of anilines is 1. The molecule has 2 heterocycles. The fraction of sp³-hybridized carbons (Fsp3) is 0.286. The number of methoxy groups -OCH3 is 1. The molecule has 0 aliphatic carbocycles. The molecule has 1 amide bonds. The summed E-state index contributed by atoms with van der Waals surface area (Å²) >= 11 is 1.43. The first-order valence-electron chi connectivity index (χ1n) is 6.64. The molecule has 3 rings (SSSR count). The van der Waals surface area contributed by atoms with E-state index in [0.717, 1.165) is 15.8 Å². The normalized spacial score (nSPS) is 13.8. The number of fused-ring (bicyclic) bond motifs is 1. The molecule has 22 heavy (non-hydrogen) atoms. The van der Waals surface area contributed by atoms with Gasteiger partial charge in [0.2, 0.25) is 10.9 Å². The van der Waals surface area contributed by atoms with Gasteiger partial charge in [-0.2, -0.15) is 0 Å². The van der Waals surface area contributed by atoms with Crippen molar-refractivity contribution in [2.75, 3.05) is 25.7 Å². The van der Waals surface area contributed by atoms with Gasteiger partial charge < -0.3 is 14.2 Å². The van der Waals surface area contributed by atoms with E-state index in [9.17, 15) is 4.79 Å². The van der Waals surface area contributed by atoms with E-state index in [-0.39, 0.29) is 5.76 Å². The molecule has 1 aromatic heterocycles. The van der Waals surface area contributed by atoms with Crippen molar-refractivity contribution in [2.24, 2.45) is 0 Å². The van der Waals surface area contributed by atoms with Crippen molar-refractivity contribution < 1.29 is 19.0 Å². The number of hydrogen-bond acceptors (Lipinski definition) is 7. The quantitative estimate of drug-likeness (QED) is 0.838. The van der Waals surface area contributed by atoms with E-state index >= 15 is 0 Å². The van der Waals surface area contributed by atoms with Crippen LogP contribution in [-0.2, 0) is 14.3 Å². The molecule has 2 aromatic rings. The predicted octanol–water partition coefficient (Wildman–Crippen LogP) is 1.94. The summed E-state index contributed by atoms with van der Waals surface area (Å²) in [6.07, 6.45) is 1.30. The molecule has 0 bridgehead atoms. The fourth-order valence-corrected chi connectivity index (χ4v) is 2.89. The van der Waals surface area contributed by atoms with Gasteiger partial charge in [0.05, 0.1) is 11.8 Å². The number of nitrogens with one attached hydrogen (secondary N) is 2. The fourth-order valence-electron chi connectivity index (χ4n) is 1.99. The average molecular weight is 321 g/mol. The summed E-state index contributed by atoms with van der Waals surface area (Å²) in [5.74, 6) is 0.416. The lowest BCUT2D eigenvalue weighted by Gasteiger charge is -2.14. The second-order valence-electron chi connectivity index (χ2n) is 4.56. The maximum Gasteiger partial charge on any atom is 0.307 e. The largest absolute Gasteiger partial charge is 0.494 e. The highest BCUT2D eigenvalue weighted by Crippen LogP contribution is 2.34. The van der Waals surface area contributed by atoms with Crippen LogP contribution in [0.2, 0.25) is 0 Å². The number of aromatic nitrogens is 1. The van der Waals surface area contributed by atoms with E-state index in [4.69, 9.17) is 14.2 Å². The molecule has 0 saturated carbocycles. The summed E-state index contributed by atoms with van der Waals surface area (Å²) in [6.45, 7) is 2.80. The Morgan fingerprint density at radius 1 is 1.41 bits per heavy atom. The van der Waals surface area contributed by atoms with Crippen LogP contribution in [0.5, 0.6) is 5.75 Å². The van der Waals surface area contributed by atoms with Crippen LogP contribution >= 0.6 is 11.3 Å². The van der Waals surface area contributed by atoms with E-state index in [1.54, 1.807) is 7.11 Å². The van der Waals surface area contributed by atoms with E-state index in [1.807, 2.05) is 19.1 Å². The number of nitrogens with zero attached hydrogens (tertiary/aromatic N) is 1. The summed E-state index contributed by atoms with van der Waals surface area (Å²) in [6, 6.07) is 3.84. The summed E-state index contributed by atoms with van der Waals surface area (Å²) in [7, 11) is 1.60. The third kappa shape index (κ3) is 2.77. The summed E-state index contributed by atoms with van der Waals surface area (Å²) < 4.78 is 16.5. The number of amides is 1. The topological polar surface area (TPSA) is 81.7 Å². The Labute approximate surface area is 130 Å². The molecule has 1 aliphatic heterocycles. The van der Waals surface area contributed by atoms with Crippen LogP contribution in [0.1, 0.15) is 5.56 Å². The number of benzene rings is 1. The molecule has 0 spiro atoms. The van der Waals surface area contributed by atoms with E-state index in [0.29, 0.717) is 24.1 Å². The van der Waals surface area contributed by atoms with Crippen molar-refractivity contribution in [3.8, 4) is 5.75 Å². The van der Waals surface area contributed by atoms with E-state index in [2.05, 4.69) is 15.8 Å². The summed E-state index contributed by atoms with van der Waals surface area (Å²) in [5, 5.41) is 0.563. The first-order chi connectivity index (χ1) is 10.7. The number of aryl methyl sites for hydroxylation is 1. The molecule has 1 aromatic carbocycles. The van der Waals surface area contributed by atoms with Crippen LogP contribution in [0.25, 0.3) is 10.2 Å². The minimum atomic E-state index is -0.414. The van der Waals surface area contributed by atoms with Crippen LogP contribution in [0.15, 0.2) is 24.2 Å². The Morgan fingerprint density at radius 2 is 2.27 bits per heavy atom. The zero-order chi connectivity index (χ0) is 15.5. The monoisotopic (exact) mass is 321 g/mol. The van der Waals surface area contributed by atoms with Crippen LogP contribution in [-0.4, -0.2) is 31.2 Å². The van der Waals surface area contributed by atoms with Crippen LogP contribution in [0.4, 0.5) is 5.13 Å². The average Bonchev–Trinajstić information content (AvgIpc) is 2.99. The van der Waals surface area contributed by atoms with E-state index < -0.39 is 5.91 Å². The van der Waals surface area contributed by atoms with Crippen molar-refractivity contribution in [1.82, 2.24) is 10.4 Å². The maximum absolute atomic E-state index is 11.9. The standard InChI is InChI=1S/C14H15N3O4S/c1-8-3-4-9(19-2)11-12(8)22-14(15-11)17-16-13(18)10-7-20-5-6-21-10/h3-4,7H,5-6H2,1-2H3,(H,15,17)(H,16,18). The second-order valence-corrected chi connectivity index (χ2v) is 5.56. The lowest BCUT2D eigenvalue weighted by atomic mass is 10.2. The third-order valence-electron chi connectivity index (χ3n) is 3.08. The van der Waals surface area contributed by atoms with Crippen molar-refractivity contribution in [1.29, 1.82) is 0 Å². The van der Waals surface area contributed by atoms with E-state index in [1.165, 1.54) is 17.6 Å². The Balaban J connectivity index is 1.75. The smallest absolute Gasteiger partial charge is 0.307 e. The molecular weight excluding hydrogens is 306 g/mol. The number of hydrazine groups is 1. The lowest BCUT2D eigenvalue weighted by molar-refractivity contribution is -0.121. The second kappa shape index (κ2) is 6.10. The molecular formula is C14H15N3O4S. The van der Waals surface area contributed by atoms with Crippen LogP contribution < -0.4 is 15.6 Å². The minimum Gasteiger partial charge on any atom is -0.494 e. The highest BCUT2D eigenvalue weighted by Gasteiger charge is 2.16. The van der Waals surface area contributed by atoms with Gasteiger partial charge in [0.25, 0.3) is 0 Å². The highest BCUT2D eigenvalue weighted by atomic mass is 32.1. The van der Waals surface area contributed by atoms with Gasteiger partial charge in [-0.1, -0.05) is 17.4 Å². The Kier molecular flexibility index (Phi) is 4.01. The number of carbonyl (C=O) groups excluding carboxylic acids is 1. The van der Waals surface area contributed by atoms with Gasteiger partial charge in [-0.3, -0.25) is 15.6 Å². The van der Waals surface area contributed by atoms with Crippen LogP contribution in [0, 0.1) is 6.92 Å². The van der Waals surface area contributed by atoms with Gasteiger partial charge in [-0.15, -0.1) is 0 Å². The van der Waals surface area contributed by atoms with Gasteiger partial charge in [0, 0.05) is 0 Å². The molecule has 1 aliphatic rings. The third-order valence-corrected chi connectivity index (χ3v) is 4.19. The number of carbonyl (C=O) groups is 1. The molecule has 0 unspecified atom stereocenters. The molecule has 116 valence electrons. The highest BCUT2D eigenvalue weighted by molar-refractivity contribution is 7.22. The molecule has 0 radical (unpaired) electrons. The van der Waals surface area contributed by atoms with Gasteiger partial charge >= 0.3 is 5.91 Å². The SMILES string of the molecule is COc1ccc(C)c2sc(NNC(=O)C3=COCCO3)nc12. The number of hydrogen-bond donors (Lipinski definition) is 2. The predicted molar refractivity (Wildman–Crippen MR) is 82.7 cm³/mol. The number of rotatable bonds is 4. The molecule has 8 heteroatoms. The number of thiazole rings is 1. The Morgan fingerprint density at radius 3 is 3.00 bits per heavy atom. The van der Waals surface area contributed by atoms with Crippen molar-refractivity contribution in [3.63, 3.8) is 0 Å². The Hall–Kier alpha value is -2.48. The minimum absolute atomic E-state index is 0.133. The van der Waals surface area contributed by atoms with Gasteiger partial charge in [-0.05, 0) is 18.6 Å². The van der Waals surface area contributed by atoms with Crippen molar-refractivity contribution in [2.45, 2.75) is 6.92 Å². The molecule has 0 atom stereocenters. The summed E-state index contributed by atoms with van der Waals surface area (Å²) in [4.78, 5) is 16.3. The molecule has 2 N–H and O–H groups in total. The number of ether oxygens (including phenoxy) is 3. The first-order valence-corrected chi connectivity index (χ1v) is 7.45. The van der Waals surface area contributed by atoms with Gasteiger partial charge in [0.15, 0.2) is 0 Å². The molecule has 0 fully saturated rings. The molecule has 0 saturated heterocycles. The van der Waals surface area contributed by atoms with Crippen molar-refractivity contribution in [3.05, 3.63) is 29.7 Å². The van der Waals surface area contributed by atoms with Crippen molar-refractivity contribution >= 4 is 32.6 Å². The summed E-state index contributed by atoms with van der Waals surface area (Å²) in [5.41, 5.74) is 7.18. The zero-order valence-corrected chi connectivity index (χ0v) is 13.0. The molecule has 7 nitrogen and oxygen atoms in total. The van der Waals surface area contributed by atoms with Crippen LogP contribution in [0.3, 0.4) is 0 Å². The van der Waals surface area contributed by atoms with Gasteiger partial charge in [0.1, 0.15) is 30.7 Å². The lowest BCUT2D eigenvalue weighted by Crippen LogP contribution is -2.32. The maximum atomic E-state index is 11.9. The first kappa shape index (κ1) is 14.5.